The van der Waals surface area contributed by atoms with Gasteiger partial charge in [-0.05, 0) is 54.3 Å². The molecule has 0 fully saturated rings. The van der Waals surface area contributed by atoms with Crippen LogP contribution in [0.25, 0.3) is 0 Å². The third kappa shape index (κ3) is 3.61. The lowest BCUT2D eigenvalue weighted by Crippen LogP contribution is -2.13. The summed E-state index contributed by atoms with van der Waals surface area (Å²) in [6.07, 6.45) is 0.465. The quantitative estimate of drug-likeness (QED) is 0.895. The van der Waals surface area contributed by atoms with E-state index >= 15 is 0 Å². The minimum absolute atomic E-state index is 0.249. The number of aryl methyl sites for hydroxylation is 1. The summed E-state index contributed by atoms with van der Waals surface area (Å²) in [6.45, 7) is 1.98. The first kappa shape index (κ1) is 14.2. The monoisotopic (exact) mass is 325 g/mol. The average molecular weight is 326 g/mol. The van der Waals surface area contributed by atoms with Crippen LogP contribution >= 0.6 is 15.9 Å². The van der Waals surface area contributed by atoms with Gasteiger partial charge in [-0.2, -0.15) is 0 Å². The first-order valence-electron chi connectivity index (χ1n) is 5.92. The lowest BCUT2D eigenvalue weighted by molar-refractivity contribution is 0.506. The number of hydrogen-bond acceptors (Lipinski definition) is 1. The summed E-state index contributed by atoms with van der Waals surface area (Å²) in [5, 5.41) is 0. The highest BCUT2D eigenvalue weighted by Crippen LogP contribution is 2.22. The van der Waals surface area contributed by atoms with Gasteiger partial charge < -0.3 is 5.73 Å². The van der Waals surface area contributed by atoms with E-state index in [1.165, 1.54) is 6.07 Å². The first-order chi connectivity index (χ1) is 8.95. The van der Waals surface area contributed by atoms with E-state index in [9.17, 15) is 8.78 Å². The van der Waals surface area contributed by atoms with Crippen molar-refractivity contribution in [3.8, 4) is 0 Å². The Kier molecular flexibility index (Phi) is 4.32. The molecule has 4 heteroatoms. The fourth-order valence-electron chi connectivity index (χ4n) is 2.02. The molecule has 0 saturated heterocycles. The smallest absolute Gasteiger partial charge is 0.159 e. The van der Waals surface area contributed by atoms with E-state index in [4.69, 9.17) is 5.73 Å². The van der Waals surface area contributed by atoms with Crippen molar-refractivity contribution < 1.29 is 8.78 Å². The molecule has 0 bridgehead atoms. The summed E-state index contributed by atoms with van der Waals surface area (Å²) in [4.78, 5) is 0. The molecule has 0 radical (unpaired) electrons. The van der Waals surface area contributed by atoms with Gasteiger partial charge in [-0.3, -0.25) is 0 Å². The molecule has 0 saturated carbocycles. The van der Waals surface area contributed by atoms with Gasteiger partial charge in [0, 0.05) is 10.5 Å². The van der Waals surface area contributed by atoms with Gasteiger partial charge in [-0.1, -0.05) is 28.1 Å². The molecule has 19 heavy (non-hydrogen) atoms. The molecule has 0 aliphatic heterocycles. The normalized spacial score (nSPS) is 12.5. The van der Waals surface area contributed by atoms with Gasteiger partial charge in [0.1, 0.15) is 0 Å². The van der Waals surface area contributed by atoms with Crippen molar-refractivity contribution in [2.24, 2.45) is 5.73 Å². The molecular formula is C15H14BrF2N. The molecule has 0 spiro atoms. The summed E-state index contributed by atoms with van der Waals surface area (Å²) in [7, 11) is 0. The van der Waals surface area contributed by atoms with Crippen LogP contribution in [0.5, 0.6) is 0 Å². The Morgan fingerprint density at radius 1 is 1.11 bits per heavy atom. The molecule has 1 atom stereocenters. The predicted octanol–water partition coefficient (Wildman–Crippen LogP) is 4.28. The molecule has 0 heterocycles. The van der Waals surface area contributed by atoms with Gasteiger partial charge in [-0.15, -0.1) is 0 Å². The molecule has 2 aromatic carbocycles. The predicted molar refractivity (Wildman–Crippen MR) is 75.9 cm³/mol. The highest BCUT2D eigenvalue weighted by molar-refractivity contribution is 9.10. The van der Waals surface area contributed by atoms with Crippen molar-refractivity contribution in [2.45, 2.75) is 19.4 Å². The molecule has 0 aliphatic rings. The van der Waals surface area contributed by atoms with E-state index in [1.807, 2.05) is 25.1 Å². The molecule has 0 aromatic heterocycles. The van der Waals surface area contributed by atoms with Crippen molar-refractivity contribution in [3.05, 3.63) is 69.2 Å². The van der Waals surface area contributed by atoms with E-state index in [2.05, 4.69) is 15.9 Å². The molecular weight excluding hydrogens is 312 g/mol. The minimum atomic E-state index is -0.838. The van der Waals surface area contributed by atoms with Gasteiger partial charge in [0.2, 0.25) is 0 Å². The number of benzene rings is 2. The molecule has 1 nitrogen and oxygen atoms in total. The molecule has 100 valence electrons. The summed E-state index contributed by atoms with van der Waals surface area (Å²) in [5.41, 5.74) is 8.87. The zero-order chi connectivity index (χ0) is 14.0. The van der Waals surface area contributed by atoms with Gasteiger partial charge in [0.15, 0.2) is 11.6 Å². The fraction of sp³-hybridized carbons (Fsp3) is 0.200. The number of rotatable bonds is 3. The zero-order valence-corrected chi connectivity index (χ0v) is 12.0. The van der Waals surface area contributed by atoms with Gasteiger partial charge >= 0.3 is 0 Å². The fourth-order valence-corrected chi connectivity index (χ4v) is 2.64. The average Bonchev–Trinajstić information content (AvgIpc) is 2.32. The second kappa shape index (κ2) is 5.80. The Morgan fingerprint density at radius 3 is 2.47 bits per heavy atom. The van der Waals surface area contributed by atoms with E-state index in [-0.39, 0.29) is 6.04 Å². The van der Waals surface area contributed by atoms with Gasteiger partial charge in [0.05, 0.1) is 0 Å². The maximum absolute atomic E-state index is 13.1. The van der Waals surface area contributed by atoms with Crippen molar-refractivity contribution in [2.75, 3.05) is 0 Å². The van der Waals surface area contributed by atoms with Crippen LogP contribution in [0.2, 0.25) is 0 Å². The molecule has 0 aliphatic carbocycles. The Balaban J connectivity index is 2.20. The summed E-state index contributed by atoms with van der Waals surface area (Å²) < 4.78 is 27.0. The first-order valence-corrected chi connectivity index (χ1v) is 6.71. The van der Waals surface area contributed by atoms with Crippen LogP contribution in [-0.2, 0) is 6.42 Å². The molecule has 0 amide bonds. The molecule has 2 aromatic rings. The number of halogens is 3. The van der Waals surface area contributed by atoms with E-state index < -0.39 is 11.6 Å². The van der Waals surface area contributed by atoms with Crippen LogP contribution in [0.4, 0.5) is 8.78 Å². The van der Waals surface area contributed by atoms with E-state index in [0.717, 1.165) is 21.7 Å². The second-order valence-corrected chi connectivity index (χ2v) is 5.54. The Labute approximate surface area is 119 Å². The Morgan fingerprint density at radius 2 is 1.84 bits per heavy atom. The van der Waals surface area contributed by atoms with Gasteiger partial charge in [-0.25, -0.2) is 8.78 Å². The maximum atomic E-state index is 13.1. The lowest BCUT2D eigenvalue weighted by Gasteiger charge is -2.13. The van der Waals surface area contributed by atoms with Crippen LogP contribution in [0.15, 0.2) is 40.9 Å². The lowest BCUT2D eigenvalue weighted by atomic mass is 9.98. The van der Waals surface area contributed by atoms with E-state index in [0.29, 0.717) is 12.0 Å². The molecule has 2 N–H and O–H groups in total. The largest absolute Gasteiger partial charge is 0.324 e. The number of hydrogen-bond donors (Lipinski definition) is 1. The summed E-state index contributed by atoms with van der Waals surface area (Å²) >= 11 is 3.42. The van der Waals surface area contributed by atoms with Crippen molar-refractivity contribution >= 4 is 15.9 Å². The van der Waals surface area contributed by atoms with Crippen LogP contribution in [0, 0.1) is 18.6 Å². The Hall–Kier alpha value is -1.26. The standard InChI is InChI=1S/C15H14BrF2N/c1-9-4-11(8-12(16)5-9)15(19)7-10-2-3-13(17)14(18)6-10/h2-6,8,15H,7,19H2,1H3. The molecule has 2 rings (SSSR count). The van der Waals surface area contributed by atoms with Crippen LogP contribution < -0.4 is 5.73 Å². The van der Waals surface area contributed by atoms with E-state index in [1.54, 1.807) is 6.07 Å². The van der Waals surface area contributed by atoms with Gasteiger partial charge in [0.25, 0.3) is 0 Å². The number of nitrogens with two attached hydrogens (primary N) is 1. The van der Waals surface area contributed by atoms with Crippen molar-refractivity contribution in [1.29, 1.82) is 0 Å². The minimum Gasteiger partial charge on any atom is -0.324 e. The maximum Gasteiger partial charge on any atom is 0.159 e. The third-order valence-corrected chi connectivity index (χ3v) is 3.39. The summed E-state index contributed by atoms with van der Waals surface area (Å²) in [6, 6.07) is 9.56. The van der Waals surface area contributed by atoms with Crippen LogP contribution in [0.3, 0.4) is 0 Å². The topological polar surface area (TPSA) is 26.0 Å². The zero-order valence-electron chi connectivity index (χ0n) is 10.5. The second-order valence-electron chi connectivity index (χ2n) is 4.62. The SMILES string of the molecule is Cc1cc(Br)cc(C(N)Cc2ccc(F)c(F)c2)c1. The third-order valence-electron chi connectivity index (χ3n) is 2.93. The van der Waals surface area contributed by atoms with Crippen LogP contribution in [0.1, 0.15) is 22.7 Å². The Bertz CT molecular complexity index is 578. The van der Waals surface area contributed by atoms with Crippen LogP contribution in [-0.4, -0.2) is 0 Å². The van der Waals surface area contributed by atoms with Crippen molar-refractivity contribution in [3.63, 3.8) is 0 Å². The highest BCUT2D eigenvalue weighted by atomic mass is 79.9. The highest BCUT2D eigenvalue weighted by Gasteiger charge is 2.10. The van der Waals surface area contributed by atoms with Crippen molar-refractivity contribution in [1.82, 2.24) is 0 Å². The summed E-state index contributed by atoms with van der Waals surface area (Å²) in [5.74, 6) is -1.68. The molecule has 1 unspecified atom stereocenters.